The molecule has 1 aromatic heterocycles. The third kappa shape index (κ3) is 2.51. The maximum Gasteiger partial charge on any atom is 0.159 e. The van der Waals surface area contributed by atoms with Crippen LogP contribution in [-0.4, -0.2) is 5.78 Å². The van der Waals surface area contributed by atoms with Crippen LogP contribution in [0.2, 0.25) is 0 Å². The zero-order valence-electron chi connectivity index (χ0n) is 10.8. The van der Waals surface area contributed by atoms with E-state index in [0.717, 1.165) is 24.0 Å². The minimum atomic E-state index is 0.321. The van der Waals surface area contributed by atoms with Gasteiger partial charge in [0.15, 0.2) is 5.78 Å². The third-order valence-electron chi connectivity index (χ3n) is 3.41. The first-order valence-electron chi connectivity index (χ1n) is 6.38. The number of rotatable bonds is 4. The fourth-order valence-corrected chi connectivity index (χ4v) is 2.60. The molecule has 0 fully saturated rings. The van der Waals surface area contributed by atoms with Crippen LogP contribution in [0.1, 0.15) is 45.6 Å². The van der Waals surface area contributed by atoms with Gasteiger partial charge in [0, 0.05) is 17.6 Å². The maximum atomic E-state index is 12.3. The molecular formula is C15H20O2. The number of hydrogen-bond acceptors (Lipinski definition) is 2. The molecule has 1 heterocycles. The van der Waals surface area contributed by atoms with Gasteiger partial charge < -0.3 is 4.42 Å². The van der Waals surface area contributed by atoms with Crippen LogP contribution in [0.15, 0.2) is 28.6 Å². The molecular weight excluding hydrogens is 212 g/mol. The molecule has 0 N–H and O–H groups in total. The lowest BCUT2D eigenvalue weighted by molar-refractivity contribution is -0.116. The molecule has 17 heavy (non-hydrogen) atoms. The van der Waals surface area contributed by atoms with Gasteiger partial charge >= 0.3 is 0 Å². The summed E-state index contributed by atoms with van der Waals surface area (Å²) >= 11 is 0. The average Bonchev–Trinajstić information content (AvgIpc) is 2.84. The summed E-state index contributed by atoms with van der Waals surface area (Å²) in [5, 5.41) is 0. The summed E-state index contributed by atoms with van der Waals surface area (Å²) in [7, 11) is 0. The maximum absolute atomic E-state index is 12.3. The Bertz CT molecular complexity index is 424. The van der Waals surface area contributed by atoms with Gasteiger partial charge in [0.2, 0.25) is 0 Å². The van der Waals surface area contributed by atoms with Crippen LogP contribution in [-0.2, 0) is 4.79 Å². The number of ketones is 1. The molecule has 1 aliphatic carbocycles. The molecule has 0 aliphatic heterocycles. The molecule has 1 atom stereocenters. The standard InChI is InChI=1S/C15H20O2/c1-10(2)8-14(16)15-11(3)4-5-13(15)12-6-7-17-9-12/h6-7,9-11H,4-5,8H2,1-3H3. The lowest BCUT2D eigenvalue weighted by Crippen LogP contribution is -2.10. The lowest BCUT2D eigenvalue weighted by atomic mass is 9.92. The zero-order chi connectivity index (χ0) is 12.4. The quantitative estimate of drug-likeness (QED) is 0.783. The van der Waals surface area contributed by atoms with Gasteiger partial charge in [-0.2, -0.15) is 0 Å². The normalized spacial score (nSPS) is 20.4. The van der Waals surface area contributed by atoms with E-state index in [0.29, 0.717) is 24.0 Å². The highest BCUT2D eigenvalue weighted by Gasteiger charge is 2.28. The van der Waals surface area contributed by atoms with Gasteiger partial charge in [0.05, 0.1) is 12.5 Å². The van der Waals surface area contributed by atoms with Crippen molar-refractivity contribution >= 4 is 11.4 Å². The van der Waals surface area contributed by atoms with Crippen LogP contribution < -0.4 is 0 Å². The summed E-state index contributed by atoms with van der Waals surface area (Å²) in [5.74, 6) is 1.14. The second-order valence-electron chi connectivity index (χ2n) is 5.37. The van der Waals surface area contributed by atoms with E-state index in [4.69, 9.17) is 4.42 Å². The summed E-state index contributed by atoms with van der Waals surface area (Å²) in [4.78, 5) is 12.3. The average molecular weight is 232 g/mol. The van der Waals surface area contributed by atoms with Crippen LogP contribution >= 0.6 is 0 Å². The smallest absolute Gasteiger partial charge is 0.159 e. The molecule has 0 saturated carbocycles. The minimum Gasteiger partial charge on any atom is -0.472 e. The molecule has 2 rings (SSSR count). The number of carbonyl (C=O) groups is 1. The number of carbonyl (C=O) groups excluding carboxylic acids is 1. The third-order valence-corrected chi connectivity index (χ3v) is 3.41. The Morgan fingerprint density at radius 3 is 2.88 bits per heavy atom. The van der Waals surface area contributed by atoms with Crippen LogP contribution in [0.3, 0.4) is 0 Å². The summed E-state index contributed by atoms with van der Waals surface area (Å²) in [6.45, 7) is 6.34. The van der Waals surface area contributed by atoms with E-state index in [2.05, 4.69) is 20.8 Å². The van der Waals surface area contributed by atoms with Crippen molar-refractivity contribution in [3.8, 4) is 0 Å². The zero-order valence-corrected chi connectivity index (χ0v) is 10.8. The predicted octanol–water partition coefficient (Wildman–Crippen LogP) is 4.08. The highest BCUT2D eigenvalue weighted by atomic mass is 16.3. The second-order valence-corrected chi connectivity index (χ2v) is 5.37. The van der Waals surface area contributed by atoms with Gasteiger partial charge in [0.25, 0.3) is 0 Å². The molecule has 92 valence electrons. The Kier molecular flexibility index (Phi) is 3.51. The molecule has 0 spiro atoms. The van der Waals surface area contributed by atoms with Crippen LogP contribution in [0.5, 0.6) is 0 Å². The first-order valence-corrected chi connectivity index (χ1v) is 6.38. The summed E-state index contributed by atoms with van der Waals surface area (Å²) in [6.07, 6.45) is 6.16. The number of allylic oxidation sites excluding steroid dienone is 2. The summed E-state index contributed by atoms with van der Waals surface area (Å²) < 4.78 is 5.13. The van der Waals surface area contributed by atoms with E-state index in [1.54, 1.807) is 12.5 Å². The summed E-state index contributed by atoms with van der Waals surface area (Å²) in [5.41, 5.74) is 3.33. The van der Waals surface area contributed by atoms with E-state index in [9.17, 15) is 4.79 Å². The molecule has 0 amide bonds. The number of hydrogen-bond donors (Lipinski definition) is 0. The van der Waals surface area contributed by atoms with E-state index in [1.807, 2.05) is 6.07 Å². The topological polar surface area (TPSA) is 30.2 Å². The Balaban J connectivity index is 2.32. The second kappa shape index (κ2) is 4.91. The molecule has 1 unspecified atom stereocenters. The fraction of sp³-hybridized carbons (Fsp3) is 0.533. The van der Waals surface area contributed by atoms with Crippen molar-refractivity contribution in [2.45, 2.75) is 40.0 Å². The van der Waals surface area contributed by atoms with Crippen molar-refractivity contribution in [1.82, 2.24) is 0 Å². The van der Waals surface area contributed by atoms with E-state index in [1.165, 1.54) is 5.57 Å². The van der Waals surface area contributed by atoms with Crippen molar-refractivity contribution in [1.29, 1.82) is 0 Å². The van der Waals surface area contributed by atoms with Gasteiger partial charge in [-0.1, -0.05) is 20.8 Å². The molecule has 0 bridgehead atoms. The molecule has 1 aliphatic rings. The highest BCUT2D eigenvalue weighted by molar-refractivity contribution is 6.04. The van der Waals surface area contributed by atoms with Gasteiger partial charge in [-0.25, -0.2) is 0 Å². The number of Topliss-reactive ketones (excluding diaryl/α,β-unsaturated/α-hetero) is 1. The molecule has 0 aromatic carbocycles. The minimum absolute atomic E-state index is 0.321. The summed E-state index contributed by atoms with van der Waals surface area (Å²) in [6, 6.07) is 1.95. The predicted molar refractivity (Wildman–Crippen MR) is 68.5 cm³/mol. The van der Waals surface area contributed by atoms with Gasteiger partial charge in [0.1, 0.15) is 0 Å². The van der Waals surface area contributed by atoms with Gasteiger partial charge in [-0.3, -0.25) is 4.79 Å². The largest absolute Gasteiger partial charge is 0.472 e. The molecule has 0 radical (unpaired) electrons. The van der Waals surface area contributed by atoms with E-state index < -0.39 is 0 Å². The van der Waals surface area contributed by atoms with Crippen molar-refractivity contribution in [3.05, 3.63) is 29.7 Å². The van der Waals surface area contributed by atoms with Crippen LogP contribution in [0.25, 0.3) is 5.57 Å². The monoisotopic (exact) mass is 232 g/mol. The van der Waals surface area contributed by atoms with Crippen molar-refractivity contribution in [2.24, 2.45) is 11.8 Å². The lowest BCUT2D eigenvalue weighted by Gasteiger charge is -2.11. The van der Waals surface area contributed by atoms with Gasteiger partial charge in [-0.15, -0.1) is 0 Å². The van der Waals surface area contributed by atoms with E-state index in [-0.39, 0.29) is 0 Å². The van der Waals surface area contributed by atoms with Crippen molar-refractivity contribution in [3.63, 3.8) is 0 Å². The molecule has 2 nitrogen and oxygen atoms in total. The molecule has 1 aromatic rings. The van der Waals surface area contributed by atoms with Crippen molar-refractivity contribution < 1.29 is 9.21 Å². The van der Waals surface area contributed by atoms with Gasteiger partial charge in [-0.05, 0) is 36.3 Å². The Labute approximate surface area is 103 Å². The van der Waals surface area contributed by atoms with Crippen LogP contribution in [0.4, 0.5) is 0 Å². The van der Waals surface area contributed by atoms with Crippen LogP contribution in [0, 0.1) is 11.8 Å². The van der Waals surface area contributed by atoms with E-state index >= 15 is 0 Å². The first kappa shape index (κ1) is 12.2. The number of furan rings is 1. The SMILES string of the molecule is CC(C)CC(=O)C1=C(c2ccoc2)CCC1C. The first-order chi connectivity index (χ1) is 8.09. The Morgan fingerprint density at radius 2 is 2.29 bits per heavy atom. The molecule has 0 saturated heterocycles. The fourth-order valence-electron chi connectivity index (χ4n) is 2.60. The molecule has 2 heteroatoms. The van der Waals surface area contributed by atoms with Crippen molar-refractivity contribution in [2.75, 3.05) is 0 Å². The Hall–Kier alpha value is -1.31. The highest BCUT2D eigenvalue weighted by Crippen LogP contribution is 2.39. The Morgan fingerprint density at radius 1 is 1.53 bits per heavy atom.